The second-order valence-corrected chi connectivity index (χ2v) is 10.1. The Labute approximate surface area is 231 Å². The fourth-order valence-electron chi connectivity index (χ4n) is 5.44. The third-order valence-corrected chi connectivity index (χ3v) is 7.51. The lowest BCUT2D eigenvalue weighted by atomic mass is 9.88. The van der Waals surface area contributed by atoms with E-state index < -0.39 is 18.0 Å². The van der Waals surface area contributed by atoms with Crippen LogP contribution in [-0.2, 0) is 0 Å². The highest BCUT2D eigenvalue weighted by Gasteiger charge is 2.37. The molecule has 1 aliphatic heterocycles. The topological polar surface area (TPSA) is 116 Å². The number of aromatic carboxylic acids is 2. The molecular formula is C32H30N2O6. The number of carboxylic acids is 2. The second-order valence-electron chi connectivity index (χ2n) is 10.1. The molecule has 1 fully saturated rings. The molecular weight excluding hydrogens is 508 g/mol. The molecule has 3 atom stereocenters. The maximum atomic E-state index is 13.2. The van der Waals surface area contributed by atoms with Crippen LogP contribution in [0.15, 0.2) is 91.0 Å². The summed E-state index contributed by atoms with van der Waals surface area (Å²) in [5.74, 6) is -2.59. The van der Waals surface area contributed by atoms with E-state index >= 15 is 0 Å². The highest BCUT2D eigenvalue weighted by molar-refractivity contribution is 5.94. The van der Waals surface area contributed by atoms with Gasteiger partial charge in [0.25, 0.3) is 0 Å². The van der Waals surface area contributed by atoms with Gasteiger partial charge in [-0.3, -0.25) is 0 Å². The highest BCUT2D eigenvalue weighted by atomic mass is 16.6. The Morgan fingerprint density at radius 1 is 0.875 bits per heavy atom. The molecule has 4 aromatic carbocycles. The number of amides is 1. The fourth-order valence-corrected chi connectivity index (χ4v) is 5.44. The molecule has 4 aromatic rings. The van der Waals surface area contributed by atoms with E-state index in [0.29, 0.717) is 19.6 Å². The standard InChI is InChI=1S/C32H30N2O6/c1-20(27-13-7-11-21-10-5-6-12-28(21)27)33-17-25-18-34(19-29(25)22-8-3-2-4-9-22)32(39)40-26-15-23(30(35)36)14-24(16-26)31(37)38/h2-16,20,25,29,33H,17-19H2,1H3,(H,35,36)(H,37,38)/t20-,25-,29-/m1/s1. The van der Waals surface area contributed by atoms with Crippen LogP contribution in [-0.4, -0.2) is 52.8 Å². The molecule has 0 saturated carbocycles. The Balaban J connectivity index is 1.33. The van der Waals surface area contributed by atoms with Crippen LogP contribution in [0.1, 0.15) is 50.7 Å². The summed E-state index contributed by atoms with van der Waals surface area (Å²) in [4.78, 5) is 37.7. The maximum absolute atomic E-state index is 13.2. The van der Waals surface area contributed by atoms with Gasteiger partial charge in [-0.15, -0.1) is 0 Å². The van der Waals surface area contributed by atoms with Crippen molar-refractivity contribution in [1.29, 1.82) is 0 Å². The van der Waals surface area contributed by atoms with Crippen molar-refractivity contribution in [3.63, 3.8) is 0 Å². The molecule has 0 spiro atoms. The van der Waals surface area contributed by atoms with Crippen molar-refractivity contribution in [1.82, 2.24) is 10.2 Å². The maximum Gasteiger partial charge on any atom is 0.415 e. The SMILES string of the molecule is C[C@@H](NC[C@@H]1CN(C(=O)Oc2cc(C(=O)O)cc(C(=O)O)c2)C[C@@H]1c1ccccc1)c1cccc2ccccc12. The number of nitrogens with one attached hydrogen (secondary N) is 1. The number of carboxylic acid groups (broad SMARTS) is 2. The van der Waals surface area contributed by atoms with Crippen molar-refractivity contribution in [2.75, 3.05) is 19.6 Å². The Morgan fingerprint density at radius 2 is 1.52 bits per heavy atom. The Kier molecular flexibility index (Phi) is 7.79. The molecule has 3 N–H and O–H groups in total. The van der Waals surface area contributed by atoms with Crippen molar-refractivity contribution in [2.45, 2.75) is 18.9 Å². The van der Waals surface area contributed by atoms with Gasteiger partial charge in [0.1, 0.15) is 5.75 Å². The Hall–Kier alpha value is -4.69. The number of hydrogen-bond acceptors (Lipinski definition) is 5. The lowest BCUT2D eigenvalue weighted by Gasteiger charge is -2.23. The zero-order chi connectivity index (χ0) is 28.2. The van der Waals surface area contributed by atoms with Gasteiger partial charge in [-0.1, -0.05) is 72.8 Å². The van der Waals surface area contributed by atoms with E-state index in [2.05, 4.69) is 54.7 Å². The number of nitrogens with zero attached hydrogens (tertiary/aromatic N) is 1. The number of hydrogen-bond donors (Lipinski definition) is 3. The van der Waals surface area contributed by atoms with E-state index in [1.165, 1.54) is 16.3 Å². The molecule has 40 heavy (non-hydrogen) atoms. The molecule has 5 rings (SSSR count). The van der Waals surface area contributed by atoms with E-state index in [9.17, 15) is 24.6 Å². The van der Waals surface area contributed by atoms with Gasteiger partial charge in [-0.2, -0.15) is 0 Å². The van der Waals surface area contributed by atoms with Gasteiger partial charge in [0, 0.05) is 31.6 Å². The summed E-state index contributed by atoms with van der Waals surface area (Å²) in [7, 11) is 0. The predicted octanol–water partition coefficient (Wildman–Crippen LogP) is 5.80. The van der Waals surface area contributed by atoms with Crippen LogP contribution in [0.25, 0.3) is 10.8 Å². The van der Waals surface area contributed by atoms with Gasteiger partial charge in [-0.05, 0) is 52.9 Å². The first-order valence-corrected chi connectivity index (χ1v) is 13.1. The molecule has 0 aromatic heterocycles. The number of likely N-dealkylation sites (tertiary alicyclic amines) is 1. The summed E-state index contributed by atoms with van der Waals surface area (Å²) in [5.41, 5.74) is 1.78. The molecule has 0 unspecified atom stereocenters. The van der Waals surface area contributed by atoms with E-state index in [1.54, 1.807) is 4.90 Å². The Morgan fingerprint density at radius 3 is 2.23 bits per heavy atom. The first-order chi connectivity index (χ1) is 19.3. The molecule has 1 heterocycles. The van der Waals surface area contributed by atoms with Gasteiger partial charge in [0.15, 0.2) is 0 Å². The first kappa shape index (κ1) is 26.9. The second kappa shape index (κ2) is 11.6. The summed E-state index contributed by atoms with van der Waals surface area (Å²) in [6.45, 7) is 3.64. The smallest absolute Gasteiger partial charge is 0.415 e. The molecule has 8 nitrogen and oxygen atoms in total. The Bertz CT molecular complexity index is 1520. The zero-order valence-electron chi connectivity index (χ0n) is 22.0. The normalized spacial score (nSPS) is 17.5. The quantitative estimate of drug-likeness (QED) is 0.260. The summed E-state index contributed by atoms with van der Waals surface area (Å²) in [6.07, 6.45) is -0.649. The molecule has 1 amide bonds. The summed E-state index contributed by atoms with van der Waals surface area (Å²) in [6, 6.07) is 28.0. The van der Waals surface area contributed by atoms with E-state index in [-0.39, 0.29) is 34.8 Å². The number of ether oxygens (including phenoxy) is 1. The zero-order valence-corrected chi connectivity index (χ0v) is 22.0. The first-order valence-electron chi connectivity index (χ1n) is 13.1. The van der Waals surface area contributed by atoms with Crippen molar-refractivity contribution in [3.8, 4) is 5.75 Å². The number of carbonyl (C=O) groups is 3. The van der Waals surface area contributed by atoms with Crippen molar-refractivity contribution in [2.24, 2.45) is 5.92 Å². The fraction of sp³-hybridized carbons (Fsp3) is 0.219. The number of benzene rings is 4. The van der Waals surface area contributed by atoms with Crippen molar-refractivity contribution >= 4 is 28.8 Å². The van der Waals surface area contributed by atoms with Crippen LogP contribution in [0.2, 0.25) is 0 Å². The molecule has 8 heteroatoms. The van der Waals surface area contributed by atoms with Crippen LogP contribution in [0, 0.1) is 5.92 Å². The summed E-state index contributed by atoms with van der Waals surface area (Å²) >= 11 is 0. The lowest BCUT2D eigenvalue weighted by Crippen LogP contribution is -2.33. The van der Waals surface area contributed by atoms with E-state index in [4.69, 9.17) is 4.74 Å². The molecule has 1 saturated heterocycles. The average molecular weight is 539 g/mol. The molecule has 1 aliphatic rings. The molecule has 0 radical (unpaired) electrons. The molecule has 204 valence electrons. The minimum Gasteiger partial charge on any atom is -0.478 e. The van der Waals surface area contributed by atoms with Crippen molar-refractivity contribution in [3.05, 3.63) is 113 Å². The molecule has 0 bridgehead atoms. The third kappa shape index (κ3) is 5.82. The summed E-state index contributed by atoms with van der Waals surface area (Å²) in [5, 5.41) is 24.8. The third-order valence-electron chi connectivity index (χ3n) is 7.51. The van der Waals surface area contributed by atoms with Gasteiger partial charge >= 0.3 is 18.0 Å². The van der Waals surface area contributed by atoms with Crippen LogP contribution < -0.4 is 10.1 Å². The van der Waals surface area contributed by atoms with Crippen molar-refractivity contribution < 1.29 is 29.3 Å². The van der Waals surface area contributed by atoms with Crippen LogP contribution in [0.5, 0.6) is 5.75 Å². The van der Waals surface area contributed by atoms with Crippen LogP contribution >= 0.6 is 0 Å². The average Bonchev–Trinajstić information content (AvgIpc) is 3.40. The summed E-state index contributed by atoms with van der Waals surface area (Å²) < 4.78 is 5.50. The monoisotopic (exact) mass is 538 g/mol. The van der Waals surface area contributed by atoms with Gasteiger partial charge in [0.2, 0.25) is 0 Å². The minimum atomic E-state index is -1.31. The van der Waals surface area contributed by atoms with Gasteiger partial charge in [-0.25, -0.2) is 14.4 Å². The number of rotatable bonds is 8. The molecule has 0 aliphatic carbocycles. The largest absolute Gasteiger partial charge is 0.478 e. The van der Waals surface area contributed by atoms with Gasteiger partial charge < -0.3 is 25.2 Å². The number of fused-ring (bicyclic) bond motifs is 1. The van der Waals surface area contributed by atoms with Crippen LogP contribution in [0.4, 0.5) is 4.79 Å². The van der Waals surface area contributed by atoms with Crippen LogP contribution in [0.3, 0.4) is 0 Å². The predicted molar refractivity (Wildman–Crippen MR) is 151 cm³/mol. The minimum absolute atomic E-state index is 0.0564. The van der Waals surface area contributed by atoms with E-state index in [0.717, 1.165) is 23.8 Å². The highest BCUT2D eigenvalue weighted by Crippen LogP contribution is 2.34. The number of carbonyl (C=O) groups excluding carboxylic acids is 1. The van der Waals surface area contributed by atoms with E-state index in [1.807, 2.05) is 30.3 Å². The lowest BCUT2D eigenvalue weighted by molar-refractivity contribution is 0.0696. The van der Waals surface area contributed by atoms with Gasteiger partial charge in [0.05, 0.1) is 11.1 Å².